The Morgan fingerprint density at radius 1 is 1.47 bits per heavy atom. The van der Waals surface area contributed by atoms with Gasteiger partial charge in [0.15, 0.2) is 0 Å². The first-order valence-corrected chi connectivity index (χ1v) is 5.96. The summed E-state index contributed by atoms with van der Waals surface area (Å²) in [5, 5.41) is 0. The smallest absolute Gasteiger partial charge is 0.414 e. The predicted octanol–water partition coefficient (Wildman–Crippen LogP) is 2.06. The van der Waals surface area contributed by atoms with Crippen molar-refractivity contribution in [3.63, 3.8) is 0 Å². The summed E-state index contributed by atoms with van der Waals surface area (Å²) in [5.74, 6) is 0. The van der Waals surface area contributed by atoms with Crippen LogP contribution in [0.2, 0.25) is 0 Å². The molecular formula is C13H18N2O2. The standard InChI is InChI=1S/C13H18N2O2/c1-10-5-2-3-7-12(10)15-9-11(6-4-8-14)17-13(15)16/h2-3,5,7,11H,4,6,8-9,14H2,1H3. The molecule has 1 atom stereocenters. The quantitative estimate of drug-likeness (QED) is 0.867. The highest BCUT2D eigenvalue weighted by Crippen LogP contribution is 2.26. The van der Waals surface area contributed by atoms with E-state index in [1.807, 2.05) is 31.2 Å². The van der Waals surface area contributed by atoms with Crippen molar-refractivity contribution in [3.05, 3.63) is 29.8 Å². The number of amides is 1. The van der Waals surface area contributed by atoms with Gasteiger partial charge in [-0.25, -0.2) is 4.79 Å². The predicted molar refractivity (Wildman–Crippen MR) is 67.1 cm³/mol. The lowest BCUT2D eigenvalue weighted by Gasteiger charge is -2.15. The van der Waals surface area contributed by atoms with E-state index in [9.17, 15) is 4.79 Å². The monoisotopic (exact) mass is 234 g/mol. The third-order valence-electron chi connectivity index (χ3n) is 3.01. The Hall–Kier alpha value is -1.55. The minimum absolute atomic E-state index is 0.0225. The van der Waals surface area contributed by atoms with Crippen molar-refractivity contribution in [2.75, 3.05) is 18.0 Å². The number of nitrogens with zero attached hydrogens (tertiary/aromatic N) is 1. The maximum absolute atomic E-state index is 11.8. The van der Waals surface area contributed by atoms with Gasteiger partial charge in [-0.1, -0.05) is 18.2 Å². The van der Waals surface area contributed by atoms with E-state index in [0.717, 1.165) is 24.1 Å². The van der Waals surface area contributed by atoms with Gasteiger partial charge in [-0.15, -0.1) is 0 Å². The van der Waals surface area contributed by atoms with Crippen molar-refractivity contribution in [3.8, 4) is 0 Å². The summed E-state index contributed by atoms with van der Waals surface area (Å²) in [7, 11) is 0. The average molecular weight is 234 g/mol. The Bertz CT molecular complexity index is 406. The van der Waals surface area contributed by atoms with Crippen molar-refractivity contribution in [2.24, 2.45) is 5.73 Å². The van der Waals surface area contributed by atoms with Gasteiger partial charge in [0.05, 0.1) is 12.2 Å². The topological polar surface area (TPSA) is 55.6 Å². The summed E-state index contributed by atoms with van der Waals surface area (Å²) in [6.45, 7) is 3.26. The fourth-order valence-corrected chi connectivity index (χ4v) is 2.08. The fraction of sp³-hybridized carbons (Fsp3) is 0.462. The lowest BCUT2D eigenvalue weighted by Crippen LogP contribution is -2.25. The van der Waals surface area contributed by atoms with Gasteiger partial charge in [0.25, 0.3) is 0 Å². The highest BCUT2D eigenvalue weighted by Gasteiger charge is 2.32. The number of rotatable bonds is 4. The first-order chi connectivity index (χ1) is 8.22. The largest absolute Gasteiger partial charge is 0.444 e. The van der Waals surface area contributed by atoms with Crippen molar-refractivity contribution in [2.45, 2.75) is 25.9 Å². The van der Waals surface area contributed by atoms with Crippen LogP contribution in [0.15, 0.2) is 24.3 Å². The summed E-state index contributed by atoms with van der Waals surface area (Å²) in [6, 6.07) is 7.84. The summed E-state index contributed by atoms with van der Waals surface area (Å²) in [6.07, 6.45) is 1.46. The molecule has 2 N–H and O–H groups in total. The van der Waals surface area contributed by atoms with E-state index in [1.165, 1.54) is 0 Å². The number of aryl methyl sites for hydroxylation is 1. The molecule has 17 heavy (non-hydrogen) atoms. The molecule has 0 spiro atoms. The van der Waals surface area contributed by atoms with E-state index in [2.05, 4.69) is 0 Å². The number of benzene rings is 1. The molecule has 0 radical (unpaired) electrons. The van der Waals surface area contributed by atoms with E-state index < -0.39 is 0 Å². The first kappa shape index (κ1) is 11.9. The molecule has 1 heterocycles. The summed E-state index contributed by atoms with van der Waals surface area (Å²) in [4.78, 5) is 13.5. The van der Waals surface area contributed by atoms with Gasteiger partial charge in [0, 0.05) is 0 Å². The third-order valence-corrected chi connectivity index (χ3v) is 3.01. The van der Waals surface area contributed by atoms with Crippen LogP contribution >= 0.6 is 0 Å². The highest BCUT2D eigenvalue weighted by molar-refractivity contribution is 5.90. The van der Waals surface area contributed by atoms with Gasteiger partial charge in [-0.05, 0) is 37.9 Å². The molecule has 2 rings (SSSR count). The summed E-state index contributed by atoms with van der Waals surface area (Å²) in [5.41, 5.74) is 7.48. The Balaban J connectivity index is 2.08. The second-order valence-electron chi connectivity index (χ2n) is 4.33. The van der Waals surface area contributed by atoms with Crippen LogP contribution in [0.25, 0.3) is 0 Å². The molecule has 1 unspecified atom stereocenters. The van der Waals surface area contributed by atoms with E-state index in [0.29, 0.717) is 13.1 Å². The van der Waals surface area contributed by atoms with E-state index in [-0.39, 0.29) is 12.2 Å². The molecule has 1 amide bonds. The van der Waals surface area contributed by atoms with Crippen LogP contribution in [0.4, 0.5) is 10.5 Å². The molecule has 1 fully saturated rings. The SMILES string of the molecule is Cc1ccccc1N1CC(CCCN)OC1=O. The number of anilines is 1. The Labute approximate surface area is 101 Å². The summed E-state index contributed by atoms with van der Waals surface area (Å²) < 4.78 is 5.32. The zero-order chi connectivity index (χ0) is 12.3. The Kier molecular flexibility index (Phi) is 3.64. The van der Waals surface area contributed by atoms with Gasteiger partial charge in [-0.2, -0.15) is 0 Å². The minimum Gasteiger partial charge on any atom is -0.444 e. The van der Waals surface area contributed by atoms with Crippen LogP contribution < -0.4 is 10.6 Å². The number of para-hydroxylation sites is 1. The Morgan fingerprint density at radius 3 is 2.94 bits per heavy atom. The zero-order valence-electron chi connectivity index (χ0n) is 10.1. The zero-order valence-corrected chi connectivity index (χ0v) is 10.1. The third kappa shape index (κ3) is 2.58. The lowest BCUT2D eigenvalue weighted by molar-refractivity contribution is 0.136. The number of carbonyl (C=O) groups excluding carboxylic acids is 1. The molecule has 0 bridgehead atoms. The number of ether oxygens (including phenoxy) is 1. The maximum Gasteiger partial charge on any atom is 0.414 e. The van der Waals surface area contributed by atoms with Crippen LogP contribution in [0.5, 0.6) is 0 Å². The minimum atomic E-state index is -0.249. The molecule has 1 aromatic carbocycles. The van der Waals surface area contributed by atoms with Crippen molar-refractivity contribution in [1.82, 2.24) is 0 Å². The number of nitrogens with two attached hydrogens (primary N) is 1. The van der Waals surface area contributed by atoms with Crippen LogP contribution in [-0.2, 0) is 4.74 Å². The van der Waals surface area contributed by atoms with Crippen LogP contribution in [0, 0.1) is 6.92 Å². The molecule has 1 aliphatic rings. The van der Waals surface area contributed by atoms with Gasteiger partial charge in [-0.3, -0.25) is 4.90 Å². The molecule has 0 saturated carbocycles. The van der Waals surface area contributed by atoms with Crippen LogP contribution in [-0.4, -0.2) is 25.3 Å². The molecule has 1 aromatic rings. The molecule has 1 saturated heterocycles. The Morgan fingerprint density at radius 2 is 2.24 bits per heavy atom. The van der Waals surface area contributed by atoms with Gasteiger partial charge >= 0.3 is 6.09 Å². The van der Waals surface area contributed by atoms with E-state index in [1.54, 1.807) is 4.90 Å². The molecule has 4 heteroatoms. The van der Waals surface area contributed by atoms with E-state index in [4.69, 9.17) is 10.5 Å². The van der Waals surface area contributed by atoms with Gasteiger partial charge in [0.1, 0.15) is 6.10 Å². The number of carbonyl (C=O) groups is 1. The molecule has 0 aliphatic carbocycles. The molecule has 4 nitrogen and oxygen atoms in total. The van der Waals surface area contributed by atoms with Crippen LogP contribution in [0.3, 0.4) is 0 Å². The first-order valence-electron chi connectivity index (χ1n) is 5.96. The van der Waals surface area contributed by atoms with E-state index >= 15 is 0 Å². The molecular weight excluding hydrogens is 216 g/mol. The molecule has 0 aromatic heterocycles. The second kappa shape index (κ2) is 5.19. The maximum atomic E-state index is 11.8. The highest BCUT2D eigenvalue weighted by atomic mass is 16.6. The number of cyclic esters (lactones) is 1. The normalized spacial score (nSPS) is 19.5. The summed E-state index contributed by atoms with van der Waals surface area (Å²) >= 11 is 0. The number of hydrogen-bond donors (Lipinski definition) is 1. The molecule has 92 valence electrons. The van der Waals surface area contributed by atoms with Gasteiger partial charge < -0.3 is 10.5 Å². The second-order valence-corrected chi connectivity index (χ2v) is 4.33. The van der Waals surface area contributed by atoms with Gasteiger partial charge in [0.2, 0.25) is 0 Å². The van der Waals surface area contributed by atoms with Crippen molar-refractivity contribution in [1.29, 1.82) is 0 Å². The lowest BCUT2D eigenvalue weighted by atomic mass is 10.1. The van der Waals surface area contributed by atoms with Crippen LogP contribution in [0.1, 0.15) is 18.4 Å². The molecule has 1 aliphatic heterocycles. The van der Waals surface area contributed by atoms with Crippen molar-refractivity contribution >= 4 is 11.8 Å². The fourth-order valence-electron chi connectivity index (χ4n) is 2.08. The number of hydrogen-bond acceptors (Lipinski definition) is 3. The van der Waals surface area contributed by atoms with Crippen molar-refractivity contribution < 1.29 is 9.53 Å². The average Bonchev–Trinajstić information content (AvgIpc) is 2.68.